The predicted molar refractivity (Wildman–Crippen MR) is 73.6 cm³/mol. The van der Waals surface area contributed by atoms with E-state index in [0.29, 0.717) is 11.8 Å². The third-order valence-electron chi connectivity index (χ3n) is 3.49. The molecule has 0 aliphatic rings. The number of hydrogen-bond donors (Lipinski definition) is 2. The molecule has 0 aliphatic heterocycles. The van der Waals surface area contributed by atoms with Gasteiger partial charge in [-0.25, -0.2) is 0 Å². The van der Waals surface area contributed by atoms with E-state index in [9.17, 15) is 0 Å². The van der Waals surface area contributed by atoms with Crippen molar-refractivity contribution in [3.05, 3.63) is 23.8 Å². The Morgan fingerprint density at radius 2 is 1.50 bits per heavy atom. The number of benzene rings is 1. The summed E-state index contributed by atoms with van der Waals surface area (Å²) in [6, 6.07) is 5.92. The van der Waals surface area contributed by atoms with Gasteiger partial charge in [0.1, 0.15) is 11.5 Å². The summed E-state index contributed by atoms with van der Waals surface area (Å²) in [5.41, 5.74) is 3.97. The second-order valence-corrected chi connectivity index (χ2v) is 4.89. The van der Waals surface area contributed by atoms with E-state index in [1.165, 1.54) is 0 Å². The van der Waals surface area contributed by atoms with Crippen molar-refractivity contribution in [2.24, 2.45) is 17.7 Å². The third kappa shape index (κ3) is 3.37. The van der Waals surface area contributed by atoms with Gasteiger partial charge in [-0.05, 0) is 29.5 Å². The van der Waals surface area contributed by atoms with Gasteiger partial charge in [-0.2, -0.15) is 0 Å². The first-order valence-corrected chi connectivity index (χ1v) is 6.22. The lowest BCUT2D eigenvalue weighted by atomic mass is 9.86. The van der Waals surface area contributed by atoms with Gasteiger partial charge in [0.15, 0.2) is 0 Å². The van der Waals surface area contributed by atoms with Crippen molar-refractivity contribution in [2.45, 2.75) is 26.8 Å². The Morgan fingerprint density at radius 1 is 1.00 bits per heavy atom. The van der Waals surface area contributed by atoms with Crippen LogP contribution in [0.3, 0.4) is 0 Å². The Kier molecular flexibility index (Phi) is 5.44. The first-order valence-electron chi connectivity index (χ1n) is 6.22. The lowest BCUT2D eigenvalue weighted by Crippen LogP contribution is -2.34. The molecule has 0 fully saturated rings. The predicted octanol–water partition coefficient (Wildman–Crippen LogP) is 2.50. The van der Waals surface area contributed by atoms with Gasteiger partial charge in [-0.1, -0.05) is 20.8 Å². The standard InChI is InChI=1S/C14H24N2O2/c1-9(2)10(3)14(16-15)11-6-12(17-4)8-13(7-11)18-5/h6-10,14,16H,15H2,1-5H3. The quantitative estimate of drug-likeness (QED) is 0.603. The number of hydrogen-bond acceptors (Lipinski definition) is 4. The van der Waals surface area contributed by atoms with Crippen molar-refractivity contribution in [3.8, 4) is 11.5 Å². The van der Waals surface area contributed by atoms with Gasteiger partial charge in [0.2, 0.25) is 0 Å². The summed E-state index contributed by atoms with van der Waals surface area (Å²) in [4.78, 5) is 0. The zero-order chi connectivity index (χ0) is 13.7. The maximum Gasteiger partial charge on any atom is 0.122 e. The molecule has 1 aromatic carbocycles. The van der Waals surface area contributed by atoms with E-state index in [-0.39, 0.29) is 6.04 Å². The fraction of sp³-hybridized carbons (Fsp3) is 0.571. The lowest BCUT2D eigenvalue weighted by Gasteiger charge is -2.27. The highest BCUT2D eigenvalue weighted by Crippen LogP contribution is 2.32. The van der Waals surface area contributed by atoms with Gasteiger partial charge >= 0.3 is 0 Å². The van der Waals surface area contributed by atoms with Gasteiger partial charge in [-0.15, -0.1) is 0 Å². The second kappa shape index (κ2) is 6.61. The normalized spacial score (nSPS) is 14.4. The molecule has 0 spiro atoms. The van der Waals surface area contributed by atoms with Crippen LogP contribution in [-0.4, -0.2) is 14.2 Å². The minimum absolute atomic E-state index is 0.0778. The molecule has 18 heavy (non-hydrogen) atoms. The molecule has 0 radical (unpaired) electrons. The van der Waals surface area contributed by atoms with Crippen molar-refractivity contribution < 1.29 is 9.47 Å². The summed E-state index contributed by atoms with van der Waals surface area (Å²) in [7, 11) is 3.30. The van der Waals surface area contributed by atoms with Crippen LogP contribution in [0.1, 0.15) is 32.4 Å². The molecule has 0 heterocycles. The topological polar surface area (TPSA) is 56.5 Å². The van der Waals surface area contributed by atoms with E-state index in [1.807, 2.05) is 18.2 Å². The van der Waals surface area contributed by atoms with Crippen LogP contribution in [-0.2, 0) is 0 Å². The van der Waals surface area contributed by atoms with Gasteiger partial charge in [0, 0.05) is 12.1 Å². The molecule has 4 heteroatoms. The van der Waals surface area contributed by atoms with E-state index in [2.05, 4.69) is 26.2 Å². The maximum atomic E-state index is 5.69. The van der Waals surface area contributed by atoms with Crippen molar-refractivity contribution in [3.63, 3.8) is 0 Å². The SMILES string of the molecule is COc1cc(OC)cc(C(NN)C(C)C(C)C)c1. The molecule has 3 N–H and O–H groups in total. The Hall–Kier alpha value is -1.26. The maximum absolute atomic E-state index is 5.69. The summed E-state index contributed by atoms with van der Waals surface area (Å²) in [5.74, 6) is 8.19. The minimum atomic E-state index is 0.0778. The van der Waals surface area contributed by atoms with Gasteiger partial charge in [0.25, 0.3) is 0 Å². The highest BCUT2D eigenvalue weighted by atomic mass is 16.5. The fourth-order valence-electron chi connectivity index (χ4n) is 1.95. The first kappa shape index (κ1) is 14.8. The van der Waals surface area contributed by atoms with Crippen LogP contribution in [0.5, 0.6) is 11.5 Å². The molecule has 0 amide bonds. The number of nitrogens with two attached hydrogens (primary N) is 1. The summed E-state index contributed by atoms with van der Waals surface area (Å²) in [6.45, 7) is 6.56. The summed E-state index contributed by atoms with van der Waals surface area (Å²) in [5, 5.41) is 0. The van der Waals surface area contributed by atoms with E-state index < -0.39 is 0 Å². The molecule has 0 aromatic heterocycles. The molecule has 4 nitrogen and oxygen atoms in total. The fourth-order valence-corrected chi connectivity index (χ4v) is 1.95. The van der Waals surface area contributed by atoms with Crippen molar-refractivity contribution in [1.82, 2.24) is 5.43 Å². The zero-order valence-electron chi connectivity index (χ0n) is 11.9. The molecule has 2 unspecified atom stereocenters. The van der Waals surface area contributed by atoms with Gasteiger partial charge < -0.3 is 9.47 Å². The number of rotatable bonds is 6. The van der Waals surface area contributed by atoms with Gasteiger partial charge in [0.05, 0.1) is 14.2 Å². The van der Waals surface area contributed by atoms with Crippen LogP contribution in [0.4, 0.5) is 0 Å². The molecule has 2 atom stereocenters. The molecule has 102 valence electrons. The Morgan fingerprint density at radius 3 is 1.83 bits per heavy atom. The molecule has 0 bridgehead atoms. The van der Waals surface area contributed by atoms with Gasteiger partial charge in [-0.3, -0.25) is 11.3 Å². The monoisotopic (exact) mass is 252 g/mol. The average Bonchev–Trinajstić information content (AvgIpc) is 2.38. The zero-order valence-corrected chi connectivity index (χ0v) is 11.9. The smallest absolute Gasteiger partial charge is 0.122 e. The van der Waals surface area contributed by atoms with Crippen LogP contribution in [0.15, 0.2) is 18.2 Å². The number of hydrazine groups is 1. The molecule has 1 aromatic rings. The van der Waals surface area contributed by atoms with Crippen LogP contribution in [0, 0.1) is 11.8 Å². The summed E-state index contributed by atoms with van der Waals surface area (Å²) in [6.07, 6.45) is 0. The Balaban J connectivity index is 3.11. The largest absolute Gasteiger partial charge is 0.497 e. The van der Waals surface area contributed by atoms with Crippen LogP contribution < -0.4 is 20.7 Å². The van der Waals surface area contributed by atoms with E-state index >= 15 is 0 Å². The first-order chi connectivity index (χ1) is 8.53. The average molecular weight is 252 g/mol. The molecule has 0 aliphatic carbocycles. The van der Waals surface area contributed by atoms with Crippen molar-refractivity contribution in [1.29, 1.82) is 0 Å². The lowest BCUT2D eigenvalue weighted by molar-refractivity contribution is 0.304. The van der Waals surface area contributed by atoms with E-state index in [0.717, 1.165) is 17.1 Å². The molecule has 0 saturated heterocycles. The summed E-state index contributed by atoms with van der Waals surface area (Å²) < 4.78 is 10.6. The van der Waals surface area contributed by atoms with Crippen LogP contribution in [0.2, 0.25) is 0 Å². The van der Waals surface area contributed by atoms with Crippen molar-refractivity contribution >= 4 is 0 Å². The molecule has 1 rings (SSSR count). The van der Waals surface area contributed by atoms with Crippen LogP contribution >= 0.6 is 0 Å². The Bertz CT molecular complexity index is 358. The number of ether oxygens (including phenoxy) is 2. The molecular formula is C14H24N2O2. The third-order valence-corrected chi connectivity index (χ3v) is 3.49. The van der Waals surface area contributed by atoms with Crippen LogP contribution in [0.25, 0.3) is 0 Å². The highest BCUT2D eigenvalue weighted by Gasteiger charge is 2.22. The van der Waals surface area contributed by atoms with Crippen molar-refractivity contribution in [2.75, 3.05) is 14.2 Å². The second-order valence-electron chi connectivity index (χ2n) is 4.89. The minimum Gasteiger partial charge on any atom is -0.497 e. The highest BCUT2D eigenvalue weighted by molar-refractivity contribution is 5.40. The number of methoxy groups -OCH3 is 2. The van der Waals surface area contributed by atoms with E-state index in [1.54, 1.807) is 14.2 Å². The summed E-state index contributed by atoms with van der Waals surface area (Å²) >= 11 is 0. The Labute approximate surface area is 109 Å². The molecular weight excluding hydrogens is 228 g/mol. The molecule has 0 saturated carbocycles. The van der Waals surface area contributed by atoms with E-state index in [4.69, 9.17) is 15.3 Å². The number of nitrogens with one attached hydrogen (secondary N) is 1.